The van der Waals surface area contributed by atoms with Crippen LogP contribution >= 0.6 is 11.3 Å². The molecule has 0 N–H and O–H groups in total. The van der Waals surface area contributed by atoms with E-state index in [-0.39, 0.29) is 0 Å². The van der Waals surface area contributed by atoms with Gasteiger partial charge in [0, 0.05) is 28.6 Å². The Morgan fingerprint density at radius 1 is 1.21 bits per heavy atom. The summed E-state index contributed by atoms with van der Waals surface area (Å²) in [5.41, 5.74) is 1.35. The van der Waals surface area contributed by atoms with Gasteiger partial charge in [-0.3, -0.25) is 0 Å². The molecule has 0 saturated carbocycles. The number of benzene rings is 1. The molecule has 0 aliphatic heterocycles. The van der Waals surface area contributed by atoms with Crippen LogP contribution in [0, 0.1) is 0 Å². The third-order valence-electron chi connectivity index (χ3n) is 2.62. The fourth-order valence-electron chi connectivity index (χ4n) is 1.52. The Kier molecular flexibility index (Phi) is 2.46. The number of hydrogen-bond acceptors (Lipinski definition) is 2. The van der Waals surface area contributed by atoms with Crippen LogP contribution in [0.5, 0.6) is 0 Å². The summed E-state index contributed by atoms with van der Waals surface area (Å²) in [7, 11) is 2.15. The highest BCUT2D eigenvalue weighted by Gasteiger charge is 2.09. The quantitative estimate of drug-likeness (QED) is 0.721. The Labute approximate surface area is 89.0 Å². The van der Waals surface area contributed by atoms with E-state index in [1.165, 1.54) is 15.8 Å². The molecule has 1 aromatic heterocycles. The molecule has 0 fully saturated rings. The fraction of sp³-hybridized carbons (Fsp3) is 0.333. The summed E-state index contributed by atoms with van der Waals surface area (Å²) in [5.74, 6) is 0. The van der Waals surface area contributed by atoms with E-state index in [9.17, 15) is 0 Å². The molecule has 0 amide bonds. The maximum atomic E-state index is 2.32. The van der Waals surface area contributed by atoms with Gasteiger partial charge in [0.1, 0.15) is 0 Å². The first-order chi connectivity index (χ1) is 6.70. The van der Waals surface area contributed by atoms with Crippen molar-refractivity contribution in [3.8, 4) is 0 Å². The average Bonchev–Trinajstić information content (AvgIpc) is 2.60. The predicted octanol–water partition coefficient (Wildman–Crippen LogP) is 3.75. The van der Waals surface area contributed by atoms with E-state index in [0.717, 1.165) is 0 Å². The molecule has 0 saturated heterocycles. The lowest BCUT2D eigenvalue weighted by Crippen LogP contribution is -2.25. The van der Waals surface area contributed by atoms with E-state index < -0.39 is 0 Å². The van der Waals surface area contributed by atoms with E-state index in [4.69, 9.17) is 0 Å². The van der Waals surface area contributed by atoms with Gasteiger partial charge in [-0.1, -0.05) is 18.2 Å². The van der Waals surface area contributed by atoms with Gasteiger partial charge in [0.15, 0.2) is 0 Å². The Hall–Kier alpha value is -1.02. The summed E-state index contributed by atoms with van der Waals surface area (Å²) in [5, 5.41) is 3.61. The van der Waals surface area contributed by atoms with E-state index in [0.29, 0.717) is 6.04 Å². The van der Waals surface area contributed by atoms with Crippen LogP contribution in [0.25, 0.3) is 10.1 Å². The van der Waals surface area contributed by atoms with Crippen molar-refractivity contribution in [2.75, 3.05) is 11.9 Å². The molecule has 0 atom stereocenters. The van der Waals surface area contributed by atoms with Gasteiger partial charge in [0.2, 0.25) is 0 Å². The monoisotopic (exact) mass is 205 g/mol. The zero-order valence-corrected chi connectivity index (χ0v) is 9.64. The first kappa shape index (κ1) is 9.53. The van der Waals surface area contributed by atoms with Gasteiger partial charge < -0.3 is 4.90 Å². The van der Waals surface area contributed by atoms with Crippen LogP contribution < -0.4 is 4.90 Å². The van der Waals surface area contributed by atoms with Crippen molar-refractivity contribution >= 4 is 27.1 Å². The Bertz CT molecular complexity index is 431. The lowest BCUT2D eigenvalue weighted by molar-refractivity contribution is 0.758. The molecule has 1 aromatic carbocycles. The molecule has 14 heavy (non-hydrogen) atoms. The number of hydrogen-bond donors (Lipinski definition) is 0. The molecule has 0 aliphatic rings. The zero-order valence-electron chi connectivity index (χ0n) is 8.82. The Balaban J connectivity index is 2.53. The number of fused-ring (bicyclic) bond motifs is 1. The molecule has 1 heterocycles. The van der Waals surface area contributed by atoms with Crippen molar-refractivity contribution in [2.24, 2.45) is 0 Å². The molecule has 2 aromatic rings. The Morgan fingerprint density at radius 3 is 2.64 bits per heavy atom. The molecule has 74 valence electrons. The lowest BCUT2D eigenvalue weighted by Gasteiger charge is -2.22. The maximum absolute atomic E-state index is 2.32. The average molecular weight is 205 g/mol. The molecule has 0 bridgehead atoms. The minimum Gasteiger partial charge on any atom is -0.371 e. The van der Waals surface area contributed by atoms with E-state index in [2.05, 4.69) is 55.4 Å². The molecular formula is C12H15NS. The fourth-order valence-corrected chi connectivity index (χ4v) is 2.50. The van der Waals surface area contributed by atoms with Gasteiger partial charge in [0.05, 0.1) is 5.69 Å². The molecule has 1 nitrogen and oxygen atoms in total. The number of thiophene rings is 1. The maximum Gasteiger partial charge on any atom is 0.0554 e. The third kappa shape index (κ3) is 1.50. The second-order valence-electron chi connectivity index (χ2n) is 3.82. The van der Waals surface area contributed by atoms with Crippen LogP contribution in [0.2, 0.25) is 0 Å². The number of anilines is 1. The van der Waals surface area contributed by atoms with E-state index >= 15 is 0 Å². The van der Waals surface area contributed by atoms with Crippen molar-refractivity contribution in [1.82, 2.24) is 0 Å². The highest BCUT2D eigenvalue weighted by molar-refractivity contribution is 7.17. The van der Waals surface area contributed by atoms with Gasteiger partial charge in [-0.15, -0.1) is 11.3 Å². The number of nitrogens with zero attached hydrogens (tertiary/aromatic N) is 1. The summed E-state index contributed by atoms with van der Waals surface area (Å²) in [4.78, 5) is 2.32. The first-order valence-electron chi connectivity index (χ1n) is 4.89. The third-order valence-corrected chi connectivity index (χ3v) is 3.57. The molecular weight excluding hydrogens is 190 g/mol. The topological polar surface area (TPSA) is 3.24 Å². The van der Waals surface area contributed by atoms with Crippen molar-refractivity contribution < 1.29 is 0 Å². The van der Waals surface area contributed by atoms with Gasteiger partial charge in [-0.25, -0.2) is 0 Å². The lowest BCUT2D eigenvalue weighted by atomic mass is 10.2. The normalized spacial score (nSPS) is 11.1. The van der Waals surface area contributed by atoms with Crippen LogP contribution in [0.15, 0.2) is 29.6 Å². The van der Waals surface area contributed by atoms with Crippen LogP contribution in [0.3, 0.4) is 0 Å². The smallest absolute Gasteiger partial charge is 0.0554 e. The van der Waals surface area contributed by atoms with Gasteiger partial charge in [-0.2, -0.15) is 0 Å². The molecule has 0 radical (unpaired) electrons. The largest absolute Gasteiger partial charge is 0.371 e. The molecule has 2 rings (SSSR count). The van der Waals surface area contributed by atoms with Crippen LogP contribution in [-0.2, 0) is 0 Å². The molecule has 0 unspecified atom stereocenters. The van der Waals surface area contributed by atoms with Crippen LogP contribution in [0.1, 0.15) is 13.8 Å². The van der Waals surface area contributed by atoms with E-state index in [1.54, 1.807) is 0 Å². The summed E-state index contributed by atoms with van der Waals surface area (Å²) in [6.45, 7) is 4.43. The van der Waals surface area contributed by atoms with Gasteiger partial charge in [0.25, 0.3) is 0 Å². The molecule has 0 spiro atoms. The summed E-state index contributed by atoms with van der Waals surface area (Å²) >= 11 is 1.82. The van der Waals surface area contributed by atoms with Crippen molar-refractivity contribution in [3.05, 3.63) is 29.6 Å². The van der Waals surface area contributed by atoms with Crippen molar-refractivity contribution in [1.29, 1.82) is 0 Å². The minimum absolute atomic E-state index is 0.549. The highest BCUT2D eigenvalue weighted by Crippen LogP contribution is 2.32. The minimum atomic E-state index is 0.549. The zero-order chi connectivity index (χ0) is 10.1. The second-order valence-corrected chi connectivity index (χ2v) is 4.73. The standard InChI is InChI=1S/C12H15NS/c1-9(2)13(3)11-8-14-12-7-5-4-6-10(11)12/h4-9H,1-3H3. The van der Waals surface area contributed by atoms with Gasteiger partial charge in [-0.05, 0) is 19.9 Å². The number of rotatable bonds is 2. The highest BCUT2D eigenvalue weighted by atomic mass is 32.1. The molecule has 2 heteroatoms. The van der Waals surface area contributed by atoms with Crippen LogP contribution in [-0.4, -0.2) is 13.1 Å². The van der Waals surface area contributed by atoms with Gasteiger partial charge >= 0.3 is 0 Å². The predicted molar refractivity (Wildman–Crippen MR) is 65.4 cm³/mol. The summed E-state index contributed by atoms with van der Waals surface area (Å²) in [6.07, 6.45) is 0. The summed E-state index contributed by atoms with van der Waals surface area (Å²) in [6, 6.07) is 9.12. The summed E-state index contributed by atoms with van der Waals surface area (Å²) < 4.78 is 1.37. The second kappa shape index (κ2) is 3.62. The van der Waals surface area contributed by atoms with Crippen molar-refractivity contribution in [3.63, 3.8) is 0 Å². The van der Waals surface area contributed by atoms with Crippen molar-refractivity contribution in [2.45, 2.75) is 19.9 Å². The molecule has 0 aliphatic carbocycles. The van der Waals surface area contributed by atoms with Crippen LogP contribution in [0.4, 0.5) is 5.69 Å². The Morgan fingerprint density at radius 2 is 1.93 bits per heavy atom. The SMILES string of the molecule is CC(C)N(C)c1csc2ccccc12. The van der Waals surface area contributed by atoms with E-state index in [1.807, 2.05) is 11.3 Å². The first-order valence-corrected chi connectivity index (χ1v) is 5.77.